The number of rotatable bonds is 43. The van der Waals surface area contributed by atoms with Crippen molar-refractivity contribution in [2.45, 2.75) is 221 Å². The highest BCUT2D eigenvalue weighted by Crippen LogP contribution is 2.22. The molecule has 0 aliphatic heterocycles. The third kappa shape index (κ3) is 92.9. The van der Waals surface area contributed by atoms with Crippen LogP contribution >= 0.6 is 0 Å². The Morgan fingerprint density at radius 2 is 0.509 bits per heavy atom. The molecule has 0 aliphatic carbocycles. The van der Waals surface area contributed by atoms with Crippen LogP contribution in [0.2, 0.25) is 0 Å². The lowest BCUT2D eigenvalue weighted by molar-refractivity contribution is -0.140. The summed E-state index contributed by atoms with van der Waals surface area (Å²) < 4.78 is 60.1. The lowest BCUT2D eigenvalue weighted by Crippen LogP contribution is -2.10. The molecule has 0 fully saturated rings. The van der Waals surface area contributed by atoms with Gasteiger partial charge in [0.1, 0.15) is 89.1 Å². The Hall–Kier alpha value is -9.52. The first-order chi connectivity index (χ1) is 48.7. The SMILES string of the molecule is C.C.C.C.C.C.C.C.C.C.C.C.C=CC(=O)OCCOCC.C=CC(=O)OCCOCCCC.C=CC(=O)OCCOc1ccc(-c2ccccc2)cc1.C=CC(=O)OCCOc1ccc(CCCCCCCCC)cc1.C=CC(=O)OCCOc1ccccc1.C=CC(=O)OCCOc1ccccc1.CC.CCCCC. The second kappa shape index (κ2) is 108. The minimum atomic E-state index is -0.437. The van der Waals surface area contributed by atoms with E-state index in [0.717, 1.165) is 90.9 Å². The number of aryl methyl sites for hydroxylation is 1. The molecule has 18 nitrogen and oxygen atoms in total. The molecule has 0 saturated carbocycles. The van der Waals surface area contributed by atoms with E-state index in [2.05, 4.69) is 101 Å². The van der Waals surface area contributed by atoms with E-state index in [-0.39, 0.29) is 116 Å². The summed E-state index contributed by atoms with van der Waals surface area (Å²) in [5, 5.41) is 0. The van der Waals surface area contributed by atoms with E-state index in [9.17, 15) is 28.8 Å². The number of carbonyl (C=O) groups is 6. The molecular weight excluding hydrogens is 1420 g/mol. The van der Waals surface area contributed by atoms with Crippen LogP contribution in [0.15, 0.2) is 215 Å². The number of para-hydroxylation sites is 2. The number of benzene rings is 5. The first-order valence-electron chi connectivity index (χ1n) is 34.5. The van der Waals surface area contributed by atoms with Crippen molar-refractivity contribution in [1.29, 1.82) is 0 Å². The van der Waals surface area contributed by atoms with Crippen molar-refractivity contribution in [2.75, 3.05) is 92.5 Å². The molecule has 0 spiro atoms. The zero-order chi connectivity index (χ0) is 74.6. The third-order valence-corrected chi connectivity index (χ3v) is 12.3. The normalized spacial score (nSPS) is 8.38. The van der Waals surface area contributed by atoms with E-state index >= 15 is 0 Å². The van der Waals surface area contributed by atoms with Crippen LogP contribution in [0.3, 0.4) is 0 Å². The van der Waals surface area contributed by atoms with Crippen LogP contribution in [0, 0.1) is 0 Å². The molecule has 5 aromatic rings. The minimum Gasteiger partial charge on any atom is -0.490 e. The molecular formula is C94H164O18. The third-order valence-electron chi connectivity index (χ3n) is 12.3. The van der Waals surface area contributed by atoms with Gasteiger partial charge in [-0.05, 0) is 91.4 Å². The average Bonchev–Trinajstić information content (AvgIpc) is 0.867. The van der Waals surface area contributed by atoms with Crippen molar-refractivity contribution >= 4 is 35.8 Å². The van der Waals surface area contributed by atoms with Crippen LogP contribution in [0.1, 0.15) is 220 Å². The summed E-state index contributed by atoms with van der Waals surface area (Å²) in [6.45, 7) is 39.6. The molecule has 5 aromatic carbocycles. The number of hydrogen-bond donors (Lipinski definition) is 0. The summed E-state index contributed by atoms with van der Waals surface area (Å²) in [7, 11) is 0. The summed E-state index contributed by atoms with van der Waals surface area (Å²) in [4.78, 5) is 63.8. The quantitative estimate of drug-likeness (QED) is 0.0154. The lowest BCUT2D eigenvalue weighted by Gasteiger charge is -2.07. The Morgan fingerprint density at radius 1 is 0.259 bits per heavy atom. The van der Waals surface area contributed by atoms with Crippen molar-refractivity contribution < 1.29 is 85.6 Å². The molecule has 0 radical (unpaired) electrons. The molecule has 0 amide bonds. The number of unbranched alkanes of at least 4 members (excludes halogenated alkanes) is 9. The fourth-order valence-corrected chi connectivity index (χ4v) is 7.26. The van der Waals surface area contributed by atoms with Crippen LogP contribution in [0.25, 0.3) is 11.1 Å². The van der Waals surface area contributed by atoms with Crippen LogP contribution < -0.4 is 18.9 Å². The topological polar surface area (TPSA) is 213 Å². The average molecular weight is 1580 g/mol. The highest BCUT2D eigenvalue weighted by molar-refractivity contribution is 5.83. The number of carbonyl (C=O) groups excluding carboxylic acids is 6. The van der Waals surface area contributed by atoms with Crippen molar-refractivity contribution in [3.63, 3.8) is 0 Å². The molecule has 0 heterocycles. The van der Waals surface area contributed by atoms with E-state index in [1.54, 1.807) is 0 Å². The monoisotopic (exact) mass is 1580 g/mol. The first-order valence-corrected chi connectivity index (χ1v) is 34.5. The van der Waals surface area contributed by atoms with Crippen molar-refractivity contribution in [1.82, 2.24) is 0 Å². The van der Waals surface area contributed by atoms with Crippen molar-refractivity contribution in [3.05, 3.63) is 221 Å². The predicted molar refractivity (Wildman–Crippen MR) is 481 cm³/mol. The molecule has 0 N–H and O–H groups in total. The Morgan fingerprint density at radius 3 is 0.795 bits per heavy atom. The summed E-state index contributed by atoms with van der Waals surface area (Å²) in [5.74, 6) is 0.579. The standard InChI is InChI=1S/C20H30O3.C17H16O3.2C11H12O3.C9H16O3.C7H12O3.C5H12.C2H6.12CH4/c1-3-5-6-7-8-9-10-11-18-12-14-19(15-13-18)22-16-17-23-20(21)4-2;1-2-17(18)20-13-12-19-16-10-8-15(9-11-16)14-6-4-3-5-7-14;2*1-2-11(12)14-9-8-13-10-6-4-3-5-7-10;1-3-5-6-11-7-8-12-9(10)4-2;1-3-7(8)10-6-5-9-4-2;1-3-5-4-2;1-2;;;;;;;;;;;;/h4,12-15H,2-3,5-11,16-17H2,1H3;2-11H,1,12-13H2;2*2-7H,1,8-9H2;4H,2-3,5-8H2,1H3;3H,1,4-6H2,2H3;3-5H2,1-2H3;1-2H3;12*1H4. The van der Waals surface area contributed by atoms with E-state index in [0.29, 0.717) is 59.5 Å². The molecule has 0 aromatic heterocycles. The summed E-state index contributed by atoms with van der Waals surface area (Å²) in [6.07, 6.45) is 23.5. The second-order valence-corrected chi connectivity index (χ2v) is 20.2. The first kappa shape index (κ1) is 138. The van der Waals surface area contributed by atoms with Gasteiger partial charge in [-0.15, -0.1) is 0 Å². The zero-order valence-corrected chi connectivity index (χ0v) is 60.9. The van der Waals surface area contributed by atoms with Crippen LogP contribution in [0.5, 0.6) is 23.0 Å². The molecule has 648 valence electrons. The van der Waals surface area contributed by atoms with Gasteiger partial charge in [0.2, 0.25) is 0 Å². The van der Waals surface area contributed by atoms with E-state index in [1.807, 2.05) is 136 Å². The molecule has 0 aliphatic rings. The van der Waals surface area contributed by atoms with Gasteiger partial charge in [-0.1, -0.05) is 325 Å². The minimum absolute atomic E-state index is 0. The summed E-state index contributed by atoms with van der Waals surface area (Å²) >= 11 is 0. The predicted octanol–water partition coefficient (Wildman–Crippen LogP) is 25.3. The molecule has 0 saturated heterocycles. The van der Waals surface area contributed by atoms with E-state index in [4.69, 9.17) is 47.4 Å². The number of ether oxygens (including phenoxy) is 12. The Kier molecular flexibility index (Phi) is 133. The van der Waals surface area contributed by atoms with Gasteiger partial charge >= 0.3 is 35.8 Å². The smallest absolute Gasteiger partial charge is 0.330 e. The summed E-state index contributed by atoms with van der Waals surface area (Å²) in [5.41, 5.74) is 3.65. The molecule has 5 rings (SSSR count). The van der Waals surface area contributed by atoms with Crippen molar-refractivity contribution in [3.8, 4) is 34.1 Å². The Balaban J connectivity index is -0.0000000759. The fourth-order valence-electron chi connectivity index (χ4n) is 7.26. The van der Waals surface area contributed by atoms with Crippen molar-refractivity contribution in [2.24, 2.45) is 0 Å². The van der Waals surface area contributed by atoms with E-state index < -0.39 is 35.8 Å². The van der Waals surface area contributed by atoms with Gasteiger partial charge in [0, 0.05) is 49.7 Å². The van der Waals surface area contributed by atoms with Gasteiger partial charge in [-0.25, -0.2) is 28.8 Å². The largest absolute Gasteiger partial charge is 0.490 e. The molecule has 0 bridgehead atoms. The van der Waals surface area contributed by atoms with Gasteiger partial charge in [-0.2, -0.15) is 0 Å². The fraction of sp³-hybridized carbons (Fsp3) is 0.489. The summed E-state index contributed by atoms with van der Waals surface area (Å²) in [6, 6.07) is 44.8. The maximum Gasteiger partial charge on any atom is 0.330 e. The van der Waals surface area contributed by atoms with Gasteiger partial charge in [-0.3, -0.25) is 0 Å². The molecule has 18 heteroatoms. The van der Waals surface area contributed by atoms with Gasteiger partial charge in [0.05, 0.1) is 13.2 Å². The Bertz CT molecular complexity index is 2740. The van der Waals surface area contributed by atoms with Crippen LogP contribution in [-0.2, 0) is 73.1 Å². The maximum absolute atomic E-state index is 10.9. The lowest BCUT2D eigenvalue weighted by atomic mass is 10.0. The van der Waals surface area contributed by atoms with Crippen LogP contribution in [-0.4, -0.2) is 128 Å². The van der Waals surface area contributed by atoms with Gasteiger partial charge < -0.3 is 56.8 Å². The van der Waals surface area contributed by atoms with E-state index in [1.165, 1.54) is 75.3 Å². The van der Waals surface area contributed by atoms with Gasteiger partial charge in [0.25, 0.3) is 0 Å². The second-order valence-electron chi connectivity index (χ2n) is 20.2. The highest BCUT2D eigenvalue weighted by atomic mass is 16.6. The van der Waals surface area contributed by atoms with Gasteiger partial charge in [0.15, 0.2) is 0 Å². The highest BCUT2D eigenvalue weighted by Gasteiger charge is 2.03. The Labute approximate surface area is 686 Å². The molecule has 0 atom stereocenters. The number of esters is 6. The van der Waals surface area contributed by atoms with Crippen LogP contribution in [0.4, 0.5) is 0 Å². The molecule has 0 unspecified atom stereocenters. The maximum atomic E-state index is 10.9. The zero-order valence-electron chi connectivity index (χ0n) is 60.9. The molecule has 112 heavy (non-hydrogen) atoms. The number of hydrogen-bond acceptors (Lipinski definition) is 18.